The number of piperazine rings is 1. The van der Waals surface area contributed by atoms with Crippen LogP contribution in [-0.2, 0) is 11.3 Å². The Hall–Kier alpha value is -3.95. The van der Waals surface area contributed by atoms with Crippen LogP contribution >= 0.6 is 11.6 Å². The zero-order valence-corrected chi connectivity index (χ0v) is 23.0. The Labute approximate surface area is 232 Å². The van der Waals surface area contributed by atoms with E-state index in [0.717, 1.165) is 36.3 Å². The summed E-state index contributed by atoms with van der Waals surface area (Å²) in [7, 11) is 0. The zero-order chi connectivity index (χ0) is 27.6. The van der Waals surface area contributed by atoms with E-state index in [2.05, 4.69) is 25.2 Å². The highest BCUT2D eigenvalue weighted by Gasteiger charge is 2.25. The molecule has 0 unspecified atom stereocenters. The molecule has 2 aromatic carbocycles. The van der Waals surface area contributed by atoms with E-state index in [1.54, 1.807) is 17.2 Å². The first-order chi connectivity index (χ1) is 18.6. The second-order valence-corrected chi connectivity index (χ2v) is 10.9. The molecule has 1 aliphatic rings. The second kappa shape index (κ2) is 11.0. The third-order valence-electron chi connectivity index (χ3n) is 6.41. The maximum Gasteiger partial charge on any atom is 0.410 e. The minimum Gasteiger partial charge on any atom is -0.444 e. The van der Waals surface area contributed by atoms with Crippen molar-refractivity contribution in [2.45, 2.75) is 32.9 Å². The number of anilines is 1. The number of para-hydroxylation sites is 1. The van der Waals surface area contributed by atoms with Gasteiger partial charge < -0.3 is 19.9 Å². The van der Waals surface area contributed by atoms with E-state index < -0.39 is 5.60 Å². The molecule has 9 nitrogen and oxygen atoms in total. The topological polar surface area (TPSA) is 103 Å². The average molecular weight is 547 g/mol. The minimum absolute atomic E-state index is 0.212. The number of fused-ring (bicyclic) bond motifs is 1. The summed E-state index contributed by atoms with van der Waals surface area (Å²) < 4.78 is 5.48. The number of aromatic amines is 1. The van der Waals surface area contributed by atoms with E-state index in [9.17, 15) is 9.59 Å². The Morgan fingerprint density at radius 1 is 1.05 bits per heavy atom. The number of imidazole rings is 1. The van der Waals surface area contributed by atoms with Crippen LogP contribution in [0.25, 0.3) is 22.4 Å². The van der Waals surface area contributed by atoms with Crippen molar-refractivity contribution in [1.82, 2.24) is 24.8 Å². The van der Waals surface area contributed by atoms with Crippen molar-refractivity contribution in [3.05, 3.63) is 77.1 Å². The van der Waals surface area contributed by atoms with Gasteiger partial charge >= 0.3 is 6.09 Å². The Bertz CT molecular complexity index is 1490. The van der Waals surface area contributed by atoms with Gasteiger partial charge in [0.1, 0.15) is 22.1 Å². The van der Waals surface area contributed by atoms with Crippen LogP contribution in [0, 0.1) is 0 Å². The maximum atomic E-state index is 13.0. The number of ether oxygens (including phenoxy) is 1. The van der Waals surface area contributed by atoms with Crippen LogP contribution in [0.3, 0.4) is 0 Å². The minimum atomic E-state index is -0.495. The second-order valence-electron chi connectivity index (χ2n) is 10.5. The Kier molecular flexibility index (Phi) is 7.54. The molecule has 0 aliphatic carbocycles. The Morgan fingerprint density at radius 2 is 1.79 bits per heavy atom. The van der Waals surface area contributed by atoms with Crippen molar-refractivity contribution >= 4 is 40.3 Å². The van der Waals surface area contributed by atoms with E-state index in [-0.39, 0.29) is 12.0 Å². The number of pyridine rings is 1. The van der Waals surface area contributed by atoms with Gasteiger partial charge in [0.05, 0.1) is 11.2 Å². The van der Waals surface area contributed by atoms with Gasteiger partial charge in [-0.1, -0.05) is 29.8 Å². The number of benzene rings is 2. The molecule has 0 saturated carbocycles. The first-order valence-electron chi connectivity index (χ1n) is 12.9. The number of halogens is 1. The number of carbonyl (C=O) groups excluding carboxylic acids is 2. The highest BCUT2D eigenvalue weighted by molar-refractivity contribution is 6.29. The quantitative estimate of drug-likeness (QED) is 0.317. The van der Waals surface area contributed by atoms with Crippen LogP contribution in [-0.4, -0.2) is 68.5 Å². The number of aromatic nitrogens is 3. The normalized spacial score (nSPS) is 14.4. The Morgan fingerprint density at radius 3 is 2.49 bits per heavy atom. The number of H-pyrrole nitrogens is 1. The molecule has 2 aromatic heterocycles. The van der Waals surface area contributed by atoms with Gasteiger partial charge in [-0.3, -0.25) is 9.69 Å². The molecular formula is C29H31ClN6O3. The van der Waals surface area contributed by atoms with Crippen molar-refractivity contribution < 1.29 is 14.3 Å². The van der Waals surface area contributed by atoms with Gasteiger partial charge in [-0.05, 0) is 62.7 Å². The molecule has 3 heterocycles. The van der Waals surface area contributed by atoms with Crippen LogP contribution in [0.15, 0.2) is 60.8 Å². The van der Waals surface area contributed by atoms with Crippen LogP contribution in [0.4, 0.5) is 10.5 Å². The van der Waals surface area contributed by atoms with E-state index in [1.165, 1.54) is 0 Å². The van der Waals surface area contributed by atoms with Crippen molar-refractivity contribution in [2.75, 3.05) is 31.5 Å². The molecule has 10 heteroatoms. The molecule has 0 atom stereocenters. The molecule has 0 spiro atoms. The summed E-state index contributed by atoms with van der Waals surface area (Å²) in [5.74, 6) is 0.434. The van der Waals surface area contributed by atoms with E-state index >= 15 is 0 Å². The zero-order valence-electron chi connectivity index (χ0n) is 22.2. The van der Waals surface area contributed by atoms with Crippen LogP contribution in [0.5, 0.6) is 0 Å². The summed E-state index contributed by atoms with van der Waals surface area (Å²) >= 11 is 6.03. The molecule has 2 amide bonds. The first-order valence-corrected chi connectivity index (χ1v) is 13.2. The third-order valence-corrected chi connectivity index (χ3v) is 6.61. The summed E-state index contributed by atoms with van der Waals surface area (Å²) in [5.41, 5.74) is 4.06. The van der Waals surface area contributed by atoms with Crippen molar-refractivity contribution in [2.24, 2.45) is 0 Å². The molecule has 1 saturated heterocycles. The standard InChI is InChI=1S/C29H31ClN6O3/c1-29(2,3)39-28(38)36-15-13-35(14-16-36)18-19-7-9-20(10-8-19)27(37)33-23-6-4-5-22-25(23)34-26(32-22)21-11-12-31-24(30)17-21/h4-12,17H,13-16,18H2,1-3H3,(H,32,34)(H,33,37). The van der Waals surface area contributed by atoms with Gasteiger partial charge in [-0.2, -0.15) is 0 Å². The SMILES string of the molecule is CC(C)(C)OC(=O)N1CCN(Cc2ccc(C(=O)Nc3cccc4[nH]c(-c5ccnc(Cl)c5)nc34)cc2)CC1. The van der Waals surface area contributed by atoms with Gasteiger partial charge in [-0.15, -0.1) is 0 Å². The third kappa shape index (κ3) is 6.55. The van der Waals surface area contributed by atoms with E-state index in [0.29, 0.717) is 40.8 Å². The van der Waals surface area contributed by atoms with Crippen molar-refractivity contribution in [3.8, 4) is 11.4 Å². The molecule has 5 rings (SSSR count). The largest absolute Gasteiger partial charge is 0.444 e. The van der Waals surface area contributed by atoms with Gasteiger partial charge in [0.15, 0.2) is 0 Å². The fourth-order valence-corrected chi connectivity index (χ4v) is 4.62. The predicted octanol–water partition coefficient (Wildman–Crippen LogP) is 5.58. The van der Waals surface area contributed by atoms with Gasteiger partial charge in [0.25, 0.3) is 5.91 Å². The number of hydrogen-bond donors (Lipinski definition) is 2. The van der Waals surface area contributed by atoms with Gasteiger partial charge in [0.2, 0.25) is 0 Å². The lowest BCUT2D eigenvalue weighted by molar-refractivity contribution is 0.0139. The molecule has 1 fully saturated rings. The number of amides is 2. The van der Waals surface area contributed by atoms with Crippen molar-refractivity contribution in [3.63, 3.8) is 0 Å². The lowest BCUT2D eigenvalue weighted by atomic mass is 10.1. The van der Waals surface area contributed by atoms with Crippen molar-refractivity contribution in [1.29, 1.82) is 0 Å². The summed E-state index contributed by atoms with van der Waals surface area (Å²) in [4.78, 5) is 41.4. The monoisotopic (exact) mass is 546 g/mol. The number of hydrogen-bond acceptors (Lipinski definition) is 6. The Balaban J connectivity index is 1.20. The number of carbonyl (C=O) groups is 2. The number of nitrogens with zero attached hydrogens (tertiary/aromatic N) is 4. The molecule has 0 bridgehead atoms. The summed E-state index contributed by atoms with van der Waals surface area (Å²) in [6, 6.07) is 16.8. The summed E-state index contributed by atoms with van der Waals surface area (Å²) in [6.07, 6.45) is 1.36. The smallest absolute Gasteiger partial charge is 0.410 e. The number of rotatable bonds is 5. The molecular weight excluding hydrogens is 516 g/mol. The molecule has 202 valence electrons. The molecule has 4 aromatic rings. The van der Waals surface area contributed by atoms with Crippen LogP contribution < -0.4 is 5.32 Å². The number of nitrogens with one attached hydrogen (secondary N) is 2. The first kappa shape index (κ1) is 26.6. The van der Waals surface area contributed by atoms with E-state index in [1.807, 2.05) is 69.3 Å². The average Bonchev–Trinajstić information content (AvgIpc) is 3.34. The van der Waals surface area contributed by atoms with Crippen LogP contribution in [0.1, 0.15) is 36.7 Å². The van der Waals surface area contributed by atoms with Gasteiger partial charge in [0, 0.05) is 50.0 Å². The molecule has 0 radical (unpaired) electrons. The fraction of sp³-hybridized carbons (Fsp3) is 0.310. The predicted molar refractivity (Wildman–Crippen MR) is 152 cm³/mol. The lowest BCUT2D eigenvalue weighted by Gasteiger charge is -2.35. The summed E-state index contributed by atoms with van der Waals surface area (Å²) in [5, 5.41) is 3.37. The molecule has 2 N–H and O–H groups in total. The fourth-order valence-electron chi connectivity index (χ4n) is 4.45. The molecule has 39 heavy (non-hydrogen) atoms. The highest BCUT2D eigenvalue weighted by Crippen LogP contribution is 2.27. The lowest BCUT2D eigenvalue weighted by Crippen LogP contribution is -2.49. The highest BCUT2D eigenvalue weighted by atomic mass is 35.5. The van der Waals surface area contributed by atoms with Crippen LogP contribution in [0.2, 0.25) is 5.15 Å². The van der Waals surface area contributed by atoms with Gasteiger partial charge in [-0.25, -0.2) is 14.8 Å². The maximum absolute atomic E-state index is 13.0. The molecule has 1 aliphatic heterocycles. The van der Waals surface area contributed by atoms with E-state index in [4.69, 9.17) is 16.3 Å². The summed E-state index contributed by atoms with van der Waals surface area (Å²) in [6.45, 7) is 9.16.